The molecule has 0 amide bonds. The summed E-state index contributed by atoms with van der Waals surface area (Å²) >= 11 is 4.42. The summed E-state index contributed by atoms with van der Waals surface area (Å²) in [6.07, 6.45) is 8.13. The number of hydrogen-bond donors (Lipinski definition) is 3. The van der Waals surface area contributed by atoms with Gasteiger partial charge in [-0.05, 0) is 167 Å². The van der Waals surface area contributed by atoms with Crippen LogP contribution in [0.3, 0.4) is 0 Å². The maximum absolute atomic E-state index is 13.8. The first kappa shape index (κ1) is 120. The van der Waals surface area contributed by atoms with Crippen LogP contribution in [0, 0.1) is 101 Å². The minimum Gasteiger partial charge on any atom is -0.507 e. The third-order valence-electron chi connectivity index (χ3n) is 23.1. The number of phenols is 2. The van der Waals surface area contributed by atoms with E-state index in [1.165, 1.54) is 6.07 Å². The van der Waals surface area contributed by atoms with Gasteiger partial charge in [-0.3, -0.25) is 62.2 Å². The van der Waals surface area contributed by atoms with E-state index in [0.29, 0.717) is 153 Å². The summed E-state index contributed by atoms with van der Waals surface area (Å²) in [7, 11) is 0. The molecule has 5 aliphatic rings. The van der Waals surface area contributed by atoms with Gasteiger partial charge in [0.15, 0.2) is 0 Å². The maximum Gasteiger partial charge on any atom is 0.330 e. The number of carboxylic acid groups (broad SMARTS) is 1. The number of esters is 14. The zero-order valence-corrected chi connectivity index (χ0v) is 85.9. The largest absolute Gasteiger partial charge is 0.507 e. The summed E-state index contributed by atoms with van der Waals surface area (Å²) < 4.78 is 76.1. The standard InChI is InChI=1S/C67H74N2O20S2.C28H36O10.C11H6N2O2S2.FH.H2/c1-9-52(70)82-37-66(4,5)39-84-56(74)29-27-54(72)80-33-31-42-11-23-48(24-12-42)86-61(76)44-15-19-46(20-16-44)63(78)88-51-35-41(3)58(60-59(51)90-65(91-60)50(36-68)69-8)89-64(79)47-21-17-45(18-22-47)62(77)87-49-25-13-43(14-26-49)32-34-81-55(73)28-30-57(75)85-40-67(6,7)38-83-53(71)10-2;1-4-23(29)36-17-28(2,3)18-37-25(31)14-13-24(30)35-16-15-19-5-11-22(12-6-19)38-27(34)21-9-7-20(8-10-21)26(32)33;1-5-3-7(14)9-10(8(5)15)17-11(16-9)6(4-12)13-2;;/h9-14,23-26,35,44-47H,1-2,15-22,27-34,37-40H2,3-7H3;4-6,11-12,20-21H,1,7-10,13-18H2,2-3H3,(H,32,33);3,14-15H,1H3;2*1H/b65-50-;;11-6-;;. The second-order valence-electron chi connectivity index (χ2n) is 36.9. The number of halogens is 1. The monoisotopic (exact) mass is 2110 g/mol. The SMILES string of the molecule is C=CC(=O)OCC(C)(C)COC(=O)CCC(=O)OCCc1ccc(OC(=O)C2CCC(C(=O)O)CC2)cc1.F.[C-]#[N+]/C(C#N)=C1/Sc2c(O)cc(C)c(O)c2S1.[C-]#[N+]/C(C#N)=C1/Sc2c(OC(=O)C3CCC(C(=O)Oc4ccc(CCOC(=O)CCC(=O)OCC(C)(C)COC(=O)C=C)cc4)CC3)cc(C)c(OC(=O)C3CCC(C(=O)Oc4ccc(CCOC(=O)CCC(=O)OCC(C)(C)COC(=O)C=C)cc4)CC3)c2S1.[HH]. The number of aromatic hydroxyl groups is 2. The molecule has 2 aliphatic heterocycles. The van der Waals surface area contributed by atoms with Gasteiger partial charge in [0.1, 0.15) is 40.2 Å². The van der Waals surface area contributed by atoms with Gasteiger partial charge in [0, 0.05) is 55.2 Å². The van der Waals surface area contributed by atoms with E-state index in [1.807, 2.05) is 6.07 Å². The molecule has 0 bridgehead atoms. The molecule has 0 unspecified atom stereocenters. The number of benzene rings is 5. The molecule has 786 valence electrons. The molecular formula is C106H119FN4O32S4. The van der Waals surface area contributed by atoms with Crippen LogP contribution in [0.1, 0.15) is 186 Å². The van der Waals surface area contributed by atoms with E-state index in [-0.39, 0.29) is 156 Å². The Balaban J connectivity index is 0.000000476. The predicted molar refractivity (Wildman–Crippen MR) is 533 cm³/mol. The first-order chi connectivity index (χ1) is 69.4. The molecule has 0 saturated heterocycles. The van der Waals surface area contributed by atoms with Crippen LogP contribution in [0.5, 0.6) is 40.2 Å². The molecule has 2 heterocycles. The number of nitrogens with zero attached hydrogens (tertiary/aromatic N) is 4. The van der Waals surface area contributed by atoms with E-state index in [1.54, 1.807) is 140 Å². The lowest BCUT2D eigenvalue weighted by molar-refractivity contribution is -0.154. The first-order valence-corrected chi connectivity index (χ1v) is 50.1. The zero-order chi connectivity index (χ0) is 107. The second kappa shape index (κ2) is 58.8. The molecule has 3 aliphatic carbocycles. The van der Waals surface area contributed by atoms with Crippen LogP contribution in [0.2, 0.25) is 0 Å². The van der Waals surface area contributed by atoms with Gasteiger partial charge in [-0.1, -0.05) is 145 Å². The highest BCUT2D eigenvalue weighted by atomic mass is 32.2. The Bertz CT molecular complexity index is 5880. The Morgan fingerprint density at radius 2 is 0.660 bits per heavy atom. The molecule has 36 nitrogen and oxygen atoms in total. The summed E-state index contributed by atoms with van der Waals surface area (Å²) in [6, 6.07) is 27.1. The minimum absolute atomic E-state index is 0. The van der Waals surface area contributed by atoms with Gasteiger partial charge in [0.05, 0.1) is 187 Å². The van der Waals surface area contributed by atoms with Crippen LogP contribution in [0.15, 0.2) is 162 Å². The lowest BCUT2D eigenvalue weighted by Crippen LogP contribution is -2.31. The average molecular weight is 2110 g/mol. The summed E-state index contributed by atoms with van der Waals surface area (Å²) in [5, 5.41) is 47.2. The molecule has 41 heteroatoms. The highest BCUT2D eigenvalue weighted by Gasteiger charge is 2.40. The summed E-state index contributed by atoms with van der Waals surface area (Å²) in [6.45, 7) is 38.8. The van der Waals surface area contributed by atoms with Crippen LogP contribution in [0.4, 0.5) is 4.70 Å². The van der Waals surface area contributed by atoms with Crippen LogP contribution in [0.25, 0.3) is 9.69 Å². The van der Waals surface area contributed by atoms with Crippen molar-refractivity contribution >= 4 is 137 Å². The van der Waals surface area contributed by atoms with Crippen molar-refractivity contribution in [3.8, 4) is 52.4 Å². The van der Waals surface area contributed by atoms with Gasteiger partial charge in [0.2, 0.25) is 0 Å². The fraction of sp³-hybridized carbons (Fsp3) is 0.443. The number of ether oxygens (including phenoxy) is 14. The fourth-order valence-corrected chi connectivity index (χ4v) is 19.6. The Labute approximate surface area is 868 Å². The molecule has 5 aromatic carbocycles. The van der Waals surface area contributed by atoms with Gasteiger partial charge in [0.25, 0.3) is 11.4 Å². The number of rotatable bonds is 44. The molecule has 0 aromatic heterocycles. The van der Waals surface area contributed by atoms with Gasteiger partial charge < -0.3 is 81.6 Å². The number of carbonyl (C=O) groups excluding carboxylic acids is 14. The molecule has 147 heavy (non-hydrogen) atoms. The normalized spacial score (nSPS) is 17.0. The van der Waals surface area contributed by atoms with E-state index < -0.39 is 123 Å². The van der Waals surface area contributed by atoms with Crippen molar-refractivity contribution in [3.05, 3.63) is 193 Å². The quantitative estimate of drug-likeness (QED) is 0.00620. The third kappa shape index (κ3) is 39.6. The Kier molecular flexibility index (Phi) is 47.9. The molecule has 3 N–H and O–H groups in total. The van der Waals surface area contributed by atoms with Crippen molar-refractivity contribution in [1.82, 2.24) is 0 Å². The molecule has 3 fully saturated rings. The van der Waals surface area contributed by atoms with Gasteiger partial charge in [-0.25, -0.2) is 34.6 Å². The number of carboxylic acids is 1. The smallest absolute Gasteiger partial charge is 0.330 e. The lowest BCUT2D eigenvalue weighted by atomic mass is 9.82. The number of nitriles is 2. The van der Waals surface area contributed by atoms with Crippen molar-refractivity contribution in [2.24, 2.45) is 51.8 Å². The molecule has 0 atom stereocenters. The lowest BCUT2D eigenvalue weighted by Gasteiger charge is -2.27. The Morgan fingerprint density at radius 3 is 0.959 bits per heavy atom. The molecule has 3 saturated carbocycles. The molecular weight excluding hydrogens is 1990 g/mol. The Hall–Kier alpha value is -14.3. The summed E-state index contributed by atoms with van der Waals surface area (Å²) in [4.78, 5) is 193. The topological polar surface area (TPSA) is 502 Å². The number of thioether (sulfide) groups is 4. The molecule has 5 aromatic rings. The van der Waals surface area contributed by atoms with Gasteiger partial charge in [-0.2, -0.15) is 0 Å². The highest BCUT2D eigenvalue weighted by Crippen LogP contribution is 2.61. The summed E-state index contributed by atoms with van der Waals surface area (Å²) in [5.74, 6) is -9.40. The first-order valence-electron chi connectivity index (χ1n) is 46.8. The summed E-state index contributed by atoms with van der Waals surface area (Å²) in [5.41, 5.74) is 1.48. The van der Waals surface area contributed by atoms with E-state index in [2.05, 4.69) is 29.4 Å². The average Bonchev–Trinajstić information content (AvgIpc) is 1.61. The van der Waals surface area contributed by atoms with Gasteiger partial charge >= 0.3 is 89.5 Å². The fourth-order valence-electron chi connectivity index (χ4n) is 14.6. The third-order valence-corrected chi connectivity index (χ3v) is 28.3. The molecule has 0 spiro atoms. The van der Waals surface area contributed by atoms with Crippen molar-refractivity contribution in [1.29, 1.82) is 10.5 Å². The number of fused-ring (bicyclic) bond motifs is 2. The van der Waals surface area contributed by atoms with E-state index in [4.69, 9.17) is 89.8 Å². The number of aryl methyl sites for hydroxylation is 2. The minimum atomic E-state index is -0.817. The predicted octanol–water partition coefficient (Wildman–Crippen LogP) is 18.0. The van der Waals surface area contributed by atoms with Crippen molar-refractivity contribution < 1.29 is 160 Å². The van der Waals surface area contributed by atoms with Crippen molar-refractivity contribution in [3.63, 3.8) is 0 Å². The van der Waals surface area contributed by atoms with Crippen molar-refractivity contribution in [2.45, 2.75) is 210 Å². The van der Waals surface area contributed by atoms with Gasteiger partial charge in [-0.15, -0.1) is 0 Å². The highest BCUT2D eigenvalue weighted by molar-refractivity contribution is 8.25. The number of aliphatic carboxylic acids is 1. The van der Waals surface area contributed by atoms with E-state index in [0.717, 1.165) is 82.0 Å². The number of hydrogen-bond acceptors (Lipinski definition) is 37. The van der Waals surface area contributed by atoms with E-state index in [9.17, 15) is 87.4 Å². The van der Waals surface area contributed by atoms with E-state index >= 15 is 0 Å². The van der Waals surface area contributed by atoms with Crippen LogP contribution >= 0.6 is 47.0 Å². The number of carbonyl (C=O) groups is 15. The van der Waals surface area contributed by atoms with Crippen LogP contribution in [-0.2, 0) is 134 Å². The Morgan fingerprint density at radius 1 is 0.388 bits per heavy atom. The molecule has 0 radical (unpaired) electrons. The van der Waals surface area contributed by atoms with Crippen molar-refractivity contribution in [2.75, 3.05) is 59.5 Å². The maximum atomic E-state index is 13.8. The second-order valence-corrected chi connectivity index (χ2v) is 41.5. The number of phenolic OH excluding ortho intramolecular Hbond substituents is 2. The molecule has 10 rings (SSSR count). The number of allylic oxidation sites excluding steroid dienone is 2. The van der Waals surface area contributed by atoms with Crippen LogP contribution < -0.4 is 23.7 Å². The zero-order valence-electron chi connectivity index (χ0n) is 82.6. The van der Waals surface area contributed by atoms with Crippen LogP contribution in [-0.4, -0.2) is 164 Å².